The van der Waals surface area contributed by atoms with Gasteiger partial charge in [-0.15, -0.1) is 0 Å². The molecule has 0 bridgehead atoms. The number of aryl methyl sites for hydroxylation is 1. The Morgan fingerprint density at radius 3 is 2.27 bits per heavy atom. The van der Waals surface area contributed by atoms with E-state index < -0.39 is 0 Å². The molecular weight excluding hydrogens is 327 g/mol. The molecule has 26 heavy (non-hydrogen) atoms. The van der Waals surface area contributed by atoms with Crippen molar-refractivity contribution >= 4 is 11.6 Å². The molecule has 0 aliphatic heterocycles. The van der Waals surface area contributed by atoms with Gasteiger partial charge in [0.05, 0.1) is 11.4 Å². The predicted octanol–water partition coefficient (Wildman–Crippen LogP) is 5.46. The number of nitrogens with two attached hydrogens (primary N) is 1. The molecule has 0 saturated carbocycles. The van der Waals surface area contributed by atoms with Crippen molar-refractivity contribution < 1.29 is 4.39 Å². The number of hydrogen-bond donors (Lipinski definition) is 1. The number of hydrogen-bond acceptors (Lipinski definition) is 4. The topological polar surface area (TPSA) is 55.0 Å². The molecule has 2 aromatic rings. The first kappa shape index (κ1) is 21.9. The van der Waals surface area contributed by atoms with Crippen LogP contribution in [0.25, 0.3) is 11.3 Å². The van der Waals surface area contributed by atoms with Crippen LogP contribution in [0.2, 0.25) is 0 Å². The molecule has 0 spiro atoms. The summed E-state index contributed by atoms with van der Waals surface area (Å²) in [7, 11) is 1.89. The fourth-order valence-electron chi connectivity index (χ4n) is 2.70. The lowest BCUT2D eigenvalue weighted by Gasteiger charge is -2.26. The van der Waals surface area contributed by atoms with E-state index >= 15 is 0 Å². The summed E-state index contributed by atoms with van der Waals surface area (Å²) in [5.74, 6) is 0.826. The van der Waals surface area contributed by atoms with E-state index in [0.29, 0.717) is 16.9 Å². The van der Waals surface area contributed by atoms with E-state index in [-0.39, 0.29) is 17.8 Å². The molecule has 0 saturated heterocycles. The Labute approximate surface area is 157 Å². The van der Waals surface area contributed by atoms with Crippen LogP contribution in [0, 0.1) is 18.7 Å². The van der Waals surface area contributed by atoms with Gasteiger partial charge in [-0.2, -0.15) is 0 Å². The van der Waals surface area contributed by atoms with Gasteiger partial charge in [0.25, 0.3) is 0 Å². The van der Waals surface area contributed by atoms with Crippen molar-refractivity contribution in [2.24, 2.45) is 5.92 Å². The SMILES string of the molecule is CCCC(C)C.Cc1cc(-c2ccnc(N)n2)cc(F)c1N(C)C(C)C. The Kier molecular flexibility index (Phi) is 8.49. The molecular formula is C21H33FN4. The van der Waals surface area contributed by atoms with Crippen molar-refractivity contribution in [2.45, 2.75) is 60.4 Å². The second-order valence-corrected chi connectivity index (χ2v) is 7.31. The van der Waals surface area contributed by atoms with Gasteiger partial charge in [-0.25, -0.2) is 14.4 Å². The number of nitrogen functional groups attached to an aromatic ring is 1. The van der Waals surface area contributed by atoms with Crippen LogP contribution >= 0.6 is 0 Å². The van der Waals surface area contributed by atoms with Gasteiger partial charge in [0.2, 0.25) is 5.95 Å². The third-order valence-corrected chi connectivity index (χ3v) is 4.22. The molecule has 1 heterocycles. The Hall–Kier alpha value is -2.17. The van der Waals surface area contributed by atoms with E-state index in [1.807, 2.05) is 38.8 Å². The van der Waals surface area contributed by atoms with Crippen molar-refractivity contribution in [2.75, 3.05) is 17.7 Å². The maximum absolute atomic E-state index is 14.4. The summed E-state index contributed by atoms with van der Waals surface area (Å²) in [6.07, 6.45) is 4.27. The number of halogens is 1. The average molecular weight is 361 g/mol. The van der Waals surface area contributed by atoms with Crippen LogP contribution in [-0.4, -0.2) is 23.1 Å². The summed E-state index contributed by atoms with van der Waals surface area (Å²) in [6, 6.07) is 5.35. The third-order valence-electron chi connectivity index (χ3n) is 4.22. The molecule has 2 N–H and O–H groups in total. The van der Waals surface area contributed by atoms with Gasteiger partial charge in [0.15, 0.2) is 0 Å². The van der Waals surface area contributed by atoms with Gasteiger partial charge in [-0.3, -0.25) is 0 Å². The molecule has 0 aliphatic rings. The minimum atomic E-state index is -0.256. The number of nitrogens with zero attached hydrogens (tertiary/aromatic N) is 3. The zero-order valence-corrected chi connectivity index (χ0v) is 17.2. The van der Waals surface area contributed by atoms with E-state index in [1.54, 1.807) is 12.3 Å². The van der Waals surface area contributed by atoms with Gasteiger partial charge < -0.3 is 10.6 Å². The van der Waals surface area contributed by atoms with Crippen molar-refractivity contribution in [3.8, 4) is 11.3 Å². The second kappa shape index (κ2) is 10.1. The highest BCUT2D eigenvalue weighted by atomic mass is 19.1. The Bertz CT molecular complexity index is 675. The lowest BCUT2D eigenvalue weighted by molar-refractivity contribution is 0.576. The molecule has 0 aliphatic carbocycles. The van der Waals surface area contributed by atoms with Gasteiger partial charge in [0, 0.05) is 24.8 Å². The molecule has 1 aromatic heterocycles. The standard InChI is InChI=1S/C15H19FN4.C6H14/c1-9(2)20(4)14-10(3)7-11(8-12(14)16)13-5-6-18-15(17)19-13;1-4-5-6(2)3/h5-9H,1-4H3,(H2,17,18,19);6H,4-5H2,1-3H3. The van der Waals surface area contributed by atoms with Crippen LogP contribution < -0.4 is 10.6 Å². The number of rotatable bonds is 5. The van der Waals surface area contributed by atoms with Gasteiger partial charge in [-0.1, -0.05) is 33.6 Å². The first-order valence-electron chi connectivity index (χ1n) is 9.29. The maximum atomic E-state index is 14.4. The molecule has 5 heteroatoms. The highest BCUT2D eigenvalue weighted by molar-refractivity contribution is 5.67. The number of anilines is 2. The van der Waals surface area contributed by atoms with E-state index in [0.717, 1.165) is 11.5 Å². The molecule has 0 amide bonds. The van der Waals surface area contributed by atoms with Crippen LogP contribution in [-0.2, 0) is 0 Å². The summed E-state index contributed by atoms with van der Waals surface area (Å²) in [6.45, 7) is 12.7. The highest BCUT2D eigenvalue weighted by Gasteiger charge is 2.15. The zero-order valence-electron chi connectivity index (χ0n) is 17.2. The minimum absolute atomic E-state index is 0.184. The number of benzene rings is 1. The van der Waals surface area contributed by atoms with Crippen LogP contribution in [0.4, 0.5) is 16.0 Å². The highest BCUT2D eigenvalue weighted by Crippen LogP contribution is 2.30. The second-order valence-electron chi connectivity index (χ2n) is 7.31. The maximum Gasteiger partial charge on any atom is 0.220 e. The molecule has 2 rings (SSSR count). The van der Waals surface area contributed by atoms with Crippen molar-refractivity contribution in [3.05, 3.63) is 35.8 Å². The van der Waals surface area contributed by atoms with Crippen molar-refractivity contribution in [3.63, 3.8) is 0 Å². The lowest BCUT2D eigenvalue weighted by Crippen LogP contribution is -2.27. The summed E-state index contributed by atoms with van der Waals surface area (Å²) in [5, 5.41) is 0. The van der Waals surface area contributed by atoms with Gasteiger partial charge >= 0.3 is 0 Å². The van der Waals surface area contributed by atoms with Crippen molar-refractivity contribution in [1.82, 2.24) is 9.97 Å². The predicted molar refractivity (Wildman–Crippen MR) is 110 cm³/mol. The van der Waals surface area contributed by atoms with E-state index in [2.05, 4.69) is 30.7 Å². The fraction of sp³-hybridized carbons (Fsp3) is 0.524. The van der Waals surface area contributed by atoms with Crippen LogP contribution in [0.3, 0.4) is 0 Å². The number of aromatic nitrogens is 2. The van der Waals surface area contributed by atoms with E-state index in [1.165, 1.54) is 18.9 Å². The minimum Gasteiger partial charge on any atom is -0.370 e. The van der Waals surface area contributed by atoms with Gasteiger partial charge in [0.1, 0.15) is 5.82 Å². The molecule has 4 nitrogen and oxygen atoms in total. The first-order valence-corrected chi connectivity index (χ1v) is 9.29. The molecule has 0 fully saturated rings. The quantitative estimate of drug-likeness (QED) is 0.769. The lowest BCUT2D eigenvalue weighted by atomic mass is 10.0. The summed E-state index contributed by atoms with van der Waals surface area (Å²) < 4.78 is 14.4. The Balaban J connectivity index is 0.000000487. The zero-order chi connectivity index (χ0) is 19.9. The molecule has 1 aromatic carbocycles. The molecule has 0 unspecified atom stereocenters. The largest absolute Gasteiger partial charge is 0.370 e. The Morgan fingerprint density at radius 2 is 1.85 bits per heavy atom. The monoisotopic (exact) mass is 360 g/mol. The summed E-state index contributed by atoms with van der Waals surface area (Å²) >= 11 is 0. The first-order chi connectivity index (χ1) is 12.2. The summed E-state index contributed by atoms with van der Waals surface area (Å²) in [4.78, 5) is 9.88. The third kappa shape index (κ3) is 6.28. The normalized spacial score (nSPS) is 10.7. The summed E-state index contributed by atoms with van der Waals surface area (Å²) in [5.41, 5.74) is 8.38. The van der Waals surface area contributed by atoms with E-state index in [9.17, 15) is 4.39 Å². The smallest absolute Gasteiger partial charge is 0.220 e. The van der Waals surface area contributed by atoms with Crippen LogP contribution in [0.5, 0.6) is 0 Å². The van der Waals surface area contributed by atoms with Crippen LogP contribution in [0.15, 0.2) is 24.4 Å². The molecule has 0 atom stereocenters. The van der Waals surface area contributed by atoms with Crippen molar-refractivity contribution in [1.29, 1.82) is 0 Å². The Morgan fingerprint density at radius 1 is 1.19 bits per heavy atom. The molecule has 0 radical (unpaired) electrons. The molecule has 144 valence electrons. The van der Waals surface area contributed by atoms with E-state index in [4.69, 9.17) is 5.73 Å². The fourth-order valence-corrected chi connectivity index (χ4v) is 2.70. The van der Waals surface area contributed by atoms with Gasteiger partial charge in [-0.05, 0) is 50.5 Å². The average Bonchev–Trinajstić information content (AvgIpc) is 2.54. The van der Waals surface area contributed by atoms with Crippen LogP contribution in [0.1, 0.15) is 53.0 Å².